The normalized spacial score (nSPS) is 21.1. The summed E-state index contributed by atoms with van der Waals surface area (Å²) in [5, 5.41) is 10.7. The number of quaternary nitrogens is 1. The fourth-order valence-electron chi connectivity index (χ4n) is 2.67. The molecule has 2 atom stereocenters. The second-order valence-electron chi connectivity index (χ2n) is 6.76. The molecule has 0 spiro atoms. The molecule has 4 nitrogen and oxygen atoms in total. The van der Waals surface area contributed by atoms with E-state index in [4.69, 9.17) is 5.11 Å². The summed E-state index contributed by atoms with van der Waals surface area (Å²) < 4.78 is 0. The lowest BCUT2D eigenvalue weighted by atomic mass is 9.98. The number of primary amides is 1. The van der Waals surface area contributed by atoms with Crippen LogP contribution in [0, 0.1) is 5.92 Å². The van der Waals surface area contributed by atoms with Crippen molar-refractivity contribution in [2.75, 3.05) is 20.2 Å². The number of nitrogens with zero attached hydrogens (tertiary/aromatic N) is 1. The van der Waals surface area contributed by atoms with E-state index in [0.717, 1.165) is 5.57 Å². The topological polar surface area (TPSA) is 57.1 Å². The van der Waals surface area contributed by atoms with Crippen LogP contribution in [0.1, 0.15) is 34.6 Å². The Bertz CT molecular complexity index is 602. The van der Waals surface area contributed by atoms with Crippen molar-refractivity contribution in [3.05, 3.63) is 45.5 Å². The van der Waals surface area contributed by atoms with Crippen LogP contribution in [0.25, 0.3) is 0 Å². The van der Waals surface area contributed by atoms with Gasteiger partial charge in [0, 0.05) is 18.7 Å². The predicted octanol–water partition coefficient (Wildman–Crippen LogP) is 2.02. The Morgan fingerprint density at radius 3 is 2.67 bits per heavy atom. The van der Waals surface area contributed by atoms with Crippen molar-refractivity contribution in [1.82, 2.24) is 4.90 Å². The summed E-state index contributed by atoms with van der Waals surface area (Å²) in [4.78, 5) is 14.9. The van der Waals surface area contributed by atoms with Gasteiger partial charge < -0.3 is 10.0 Å². The third-order valence-electron chi connectivity index (χ3n) is 4.37. The molecular formula is C19H31N2O2S+. The van der Waals surface area contributed by atoms with E-state index < -0.39 is 0 Å². The Balaban J connectivity index is 2.89. The van der Waals surface area contributed by atoms with Gasteiger partial charge in [0.05, 0.1) is 19.2 Å². The van der Waals surface area contributed by atoms with Crippen LogP contribution in [0.2, 0.25) is 0 Å². The van der Waals surface area contributed by atoms with E-state index in [-0.39, 0.29) is 24.5 Å². The maximum Gasteiger partial charge on any atom is 0.349 e. The second kappa shape index (κ2) is 9.25. The lowest BCUT2D eigenvalue weighted by Crippen LogP contribution is -2.89. The molecule has 0 aromatic carbocycles. The highest BCUT2D eigenvalue weighted by Gasteiger charge is 2.19. The SMILES string of the molecule is CC1=CC(C(C)=CC(C)=C(S)C(=O)[NH2+]CC(C)CO)N(C)C(C)=C1. The summed E-state index contributed by atoms with van der Waals surface area (Å²) in [6, 6.07) is 0.194. The Hall–Kier alpha value is -1.30. The number of rotatable bonds is 6. The highest BCUT2D eigenvalue weighted by atomic mass is 32.1. The van der Waals surface area contributed by atoms with E-state index in [9.17, 15) is 4.79 Å². The number of hydrogen-bond acceptors (Lipinski definition) is 4. The number of likely N-dealkylation sites (N-methyl/N-ethyl adjacent to an activating group) is 1. The molecule has 5 heteroatoms. The van der Waals surface area contributed by atoms with Crippen LogP contribution in [-0.4, -0.2) is 42.2 Å². The first-order chi connectivity index (χ1) is 11.2. The summed E-state index contributed by atoms with van der Waals surface area (Å²) >= 11 is 4.40. The molecule has 1 heterocycles. The molecule has 0 aliphatic carbocycles. The Morgan fingerprint density at radius 1 is 1.46 bits per heavy atom. The predicted molar refractivity (Wildman–Crippen MR) is 103 cm³/mol. The summed E-state index contributed by atoms with van der Waals surface area (Å²) in [5.74, 6) is 0.00594. The quantitative estimate of drug-likeness (QED) is 0.390. The van der Waals surface area contributed by atoms with Crippen molar-refractivity contribution in [3.8, 4) is 0 Å². The minimum atomic E-state index is -0.0834. The number of aliphatic hydroxyl groups is 1. The average molecular weight is 352 g/mol. The van der Waals surface area contributed by atoms with Gasteiger partial charge in [-0.05, 0) is 44.9 Å². The van der Waals surface area contributed by atoms with Crippen molar-refractivity contribution in [2.45, 2.75) is 40.7 Å². The number of amides is 1. The molecule has 2 unspecified atom stereocenters. The monoisotopic (exact) mass is 351 g/mol. The van der Waals surface area contributed by atoms with Crippen molar-refractivity contribution in [1.29, 1.82) is 0 Å². The van der Waals surface area contributed by atoms with Crippen molar-refractivity contribution >= 4 is 18.5 Å². The van der Waals surface area contributed by atoms with E-state index in [1.165, 1.54) is 16.8 Å². The molecule has 0 fully saturated rings. The van der Waals surface area contributed by atoms with Gasteiger partial charge in [0.1, 0.15) is 4.91 Å². The zero-order valence-corrected chi connectivity index (χ0v) is 16.5. The maximum atomic E-state index is 12.2. The molecule has 3 N–H and O–H groups in total. The number of aliphatic hydroxyl groups excluding tert-OH is 1. The molecule has 0 radical (unpaired) electrons. The standard InChI is InChI=1S/C19H30N2O2S/c1-12-7-16(5)21(6)17(8-12)14(3)9-15(4)18(24)19(23)20-10-13(2)11-22/h7-9,13,17,22,24H,10-11H2,1-6H3,(H,20,23)/p+1. The summed E-state index contributed by atoms with van der Waals surface area (Å²) in [5.41, 5.74) is 4.51. The van der Waals surface area contributed by atoms with E-state index in [2.05, 4.69) is 57.5 Å². The van der Waals surface area contributed by atoms with E-state index in [1.807, 2.05) is 19.9 Å². The van der Waals surface area contributed by atoms with Crippen LogP contribution in [0.3, 0.4) is 0 Å². The van der Waals surface area contributed by atoms with Gasteiger partial charge in [0.15, 0.2) is 0 Å². The van der Waals surface area contributed by atoms with Crippen LogP contribution >= 0.6 is 12.6 Å². The molecule has 0 aromatic rings. The Kier molecular flexibility index (Phi) is 8.00. The highest BCUT2D eigenvalue weighted by molar-refractivity contribution is 7.85. The Labute approximate surface area is 151 Å². The number of carbonyl (C=O) groups is 1. The van der Waals surface area contributed by atoms with Gasteiger partial charge >= 0.3 is 5.91 Å². The molecule has 0 saturated carbocycles. The van der Waals surface area contributed by atoms with E-state index in [1.54, 1.807) is 5.32 Å². The number of thiol groups is 1. The van der Waals surface area contributed by atoms with Gasteiger partial charge in [-0.15, -0.1) is 12.6 Å². The van der Waals surface area contributed by atoms with E-state index >= 15 is 0 Å². The molecule has 0 bridgehead atoms. The first-order valence-electron chi connectivity index (χ1n) is 8.33. The molecule has 134 valence electrons. The molecular weight excluding hydrogens is 320 g/mol. The molecule has 24 heavy (non-hydrogen) atoms. The van der Waals surface area contributed by atoms with Crippen molar-refractivity contribution < 1.29 is 15.2 Å². The first-order valence-corrected chi connectivity index (χ1v) is 8.78. The summed E-state index contributed by atoms with van der Waals surface area (Å²) in [6.45, 7) is 10.7. The van der Waals surface area contributed by atoms with Crippen molar-refractivity contribution in [3.63, 3.8) is 0 Å². The van der Waals surface area contributed by atoms with Gasteiger partial charge in [-0.1, -0.05) is 24.6 Å². The van der Waals surface area contributed by atoms with Crippen LogP contribution < -0.4 is 5.32 Å². The third kappa shape index (κ3) is 5.65. The van der Waals surface area contributed by atoms with Gasteiger partial charge in [0.25, 0.3) is 0 Å². The van der Waals surface area contributed by atoms with Crippen LogP contribution in [-0.2, 0) is 4.79 Å². The molecule has 1 rings (SSSR count). The van der Waals surface area contributed by atoms with Crippen LogP contribution in [0.4, 0.5) is 0 Å². The average Bonchev–Trinajstić information content (AvgIpc) is 2.54. The number of nitrogens with two attached hydrogens (primary N) is 1. The summed E-state index contributed by atoms with van der Waals surface area (Å²) in [6.07, 6.45) is 6.42. The largest absolute Gasteiger partial charge is 0.396 e. The molecule has 0 aromatic heterocycles. The van der Waals surface area contributed by atoms with Gasteiger partial charge in [-0.2, -0.15) is 0 Å². The molecule has 1 aliphatic heterocycles. The number of allylic oxidation sites excluding steroid dienone is 5. The van der Waals surface area contributed by atoms with Gasteiger partial charge in [-0.25, -0.2) is 4.79 Å². The number of hydrogen-bond donors (Lipinski definition) is 3. The lowest BCUT2D eigenvalue weighted by molar-refractivity contribution is -0.571. The smallest absolute Gasteiger partial charge is 0.349 e. The van der Waals surface area contributed by atoms with E-state index in [0.29, 0.717) is 11.4 Å². The minimum absolute atomic E-state index is 0.0833. The highest BCUT2D eigenvalue weighted by Crippen LogP contribution is 2.24. The minimum Gasteiger partial charge on any atom is -0.396 e. The van der Waals surface area contributed by atoms with Crippen LogP contribution in [0.5, 0.6) is 0 Å². The molecule has 1 aliphatic rings. The number of carbonyl (C=O) groups excluding carboxylic acids is 1. The zero-order chi connectivity index (χ0) is 18.4. The van der Waals surface area contributed by atoms with Crippen LogP contribution in [0.15, 0.2) is 45.5 Å². The molecule has 0 saturated heterocycles. The fourth-order valence-corrected chi connectivity index (χ4v) is 2.82. The zero-order valence-electron chi connectivity index (χ0n) is 15.6. The maximum absolute atomic E-state index is 12.2. The van der Waals surface area contributed by atoms with Gasteiger partial charge in [-0.3, -0.25) is 5.32 Å². The molecule has 1 amide bonds. The second-order valence-corrected chi connectivity index (χ2v) is 7.21. The van der Waals surface area contributed by atoms with Crippen molar-refractivity contribution in [2.24, 2.45) is 5.92 Å². The fraction of sp³-hybridized carbons (Fsp3) is 0.526. The third-order valence-corrected chi connectivity index (χ3v) is 4.94. The Morgan fingerprint density at radius 2 is 2.08 bits per heavy atom. The summed E-state index contributed by atoms with van der Waals surface area (Å²) in [7, 11) is 2.08. The van der Waals surface area contributed by atoms with Gasteiger partial charge in [0.2, 0.25) is 0 Å². The first kappa shape index (κ1) is 20.7. The lowest BCUT2D eigenvalue weighted by Gasteiger charge is -2.33.